The largest absolute Gasteiger partial charge is 0.343 e. The zero-order valence-electron chi connectivity index (χ0n) is 18.2. The van der Waals surface area contributed by atoms with Crippen molar-refractivity contribution in [1.82, 2.24) is 9.80 Å². The summed E-state index contributed by atoms with van der Waals surface area (Å²) in [5.74, 6) is 0. The molecule has 30 heavy (non-hydrogen) atoms. The van der Waals surface area contributed by atoms with E-state index in [0.29, 0.717) is 5.02 Å². The first-order valence-electron chi connectivity index (χ1n) is 10.4. The number of hydrogen-bond donors (Lipinski definition) is 0. The molecule has 2 heterocycles. The van der Waals surface area contributed by atoms with Crippen molar-refractivity contribution in [1.29, 1.82) is 0 Å². The quantitative estimate of drug-likeness (QED) is 0.543. The summed E-state index contributed by atoms with van der Waals surface area (Å²) in [5.41, 5.74) is 2.21. The summed E-state index contributed by atoms with van der Waals surface area (Å²) in [6, 6.07) is 18.1. The zero-order chi connectivity index (χ0) is 21.6. The van der Waals surface area contributed by atoms with Crippen LogP contribution in [0, 0.1) is 0 Å². The van der Waals surface area contributed by atoms with Crippen molar-refractivity contribution in [3.05, 3.63) is 82.0 Å². The minimum atomic E-state index is -1.68. The Morgan fingerprint density at radius 2 is 1.60 bits per heavy atom. The molecule has 4 nitrogen and oxygen atoms in total. The Kier molecular flexibility index (Phi) is 5.55. The number of halogens is 1. The van der Waals surface area contributed by atoms with Gasteiger partial charge in [-0.1, -0.05) is 73.7 Å². The predicted molar refractivity (Wildman–Crippen MR) is 124 cm³/mol. The van der Waals surface area contributed by atoms with Gasteiger partial charge in [0.2, 0.25) is 0 Å². The molecule has 1 saturated heterocycles. The van der Waals surface area contributed by atoms with Gasteiger partial charge >= 0.3 is 6.03 Å². The van der Waals surface area contributed by atoms with Gasteiger partial charge in [0.05, 0.1) is 20.2 Å². The van der Waals surface area contributed by atoms with Crippen LogP contribution >= 0.6 is 11.6 Å². The molecule has 0 unspecified atom stereocenters. The van der Waals surface area contributed by atoms with Gasteiger partial charge in [-0.05, 0) is 41.5 Å². The summed E-state index contributed by atoms with van der Waals surface area (Å²) in [4.78, 5) is 17.0. The molecule has 0 saturated carbocycles. The number of benzene rings is 2. The molecular formula is C24H29ClN2O2Si. The molecule has 2 aliphatic heterocycles. The molecule has 0 radical (unpaired) electrons. The Morgan fingerprint density at radius 3 is 2.20 bits per heavy atom. The first-order chi connectivity index (χ1) is 14.2. The minimum Gasteiger partial charge on any atom is -0.343 e. The van der Waals surface area contributed by atoms with Crippen molar-refractivity contribution in [2.45, 2.75) is 51.0 Å². The average Bonchev–Trinajstić information content (AvgIpc) is 3.25. The zero-order valence-corrected chi connectivity index (χ0v) is 19.9. The smallest absolute Gasteiger partial charge is 0.322 e. The van der Waals surface area contributed by atoms with Crippen LogP contribution < -0.4 is 0 Å². The van der Waals surface area contributed by atoms with Gasteiger partial charge in [0.15, 0.2) is 6.23 Å². The lowest BCUT2D eigenvalue weighted by Gasteiger charge is -2.30. The summed E-state index contributed by atoms with van der Waals surface area (Å²) in [6.07, 6.45) is 1.66. The fourth-order valence-corrected chi connectivity index (χ4v) is 6.24. The van der Waals surface area contributed by atoms with Crippen LogP contribution in [-0.2, 0) is 4.74 Å². The van der Waals surface area contributed by atoms with Gasteiger partial charge in [-0.15, -0.1) is 0 Å². The molecule has 0 aliphatic carbocycles. The van der Waals surface area contributed by atoms with E-state index in [9.17, 15) is 4.79 Å². The van der Waals surface area contributed by atoms with E-state index in [2.05, 4.69) is 44.8 Å². The Balaban J connectivity index is 1.74. The SMILES string of the molecule is C[C@H]1[C@@H](c2ccccc2)N([C@@H]2C=C([Si](C)(C)C)[C@H](c3ccc(Cl)cc3)O2)C(=O)N1C. The first-order valence-corrected chi connectivity index (χ1v) is 14.3. The Labute approximate surface area is 185 Å². The van der Waals surface area contributed by atoms with E-state index in [4.69, 9.17) is 16.3 Å². The third kappa shape index (κ3) is 3.70. The lowest BCUT2D eigenvalue weighted by molar-refractivity contribution is -0.0302. The number of carbonyl (C=O) groups excluding carboxylic acids is 1. The van der Waals surface area contributed by atoms with Gasteiger partial charge in [0.1, 0.15) is 6.10 Å². The topological polar surface area (TPSA) is 32.8 Å². The highest BCUT2D eigenvalue weighted by molar-refractivity contribution is 6.83. The minimum absolute atomic E-state index is 0.00397. The molecule has 2 aromatic rings. The highest BCUT2D eigenvalue weighted by atomic mass is 35.5. The standard InChI is InChI=1S/C24H29ClN2O2Si/c1-16-22(17-9-7-6-8-10-17)27(24(28)26(16)2)21-15-20(30(3,4)5)23(29-21)18-11-13-19(25)14-12-18/h6-16,21-23H,1-5H3/t16-,21-,22-,23-/m0/s1. The highest BCUT2D eigenvalue weighted by Gasteiger charge is 2.48. The number of nitrogens with zero attached hydrogens (tertiary/aromatic N) is 2. The number of amides is 2. The molecular weight excluding hydrogens is 412 g/mol. The molecule has 4 atom stereocenters. The van der Waals surface area contributed by atoms with Crippen LogP contribution in [0.3, 0.4) is 0 Å². The number of hydrogen-bond acceptors (Lipinski definition) is 2. The molecule has 0 N–H and O–H groups in total. The molecule has 2 aliphatic rings. The van der Waals surface area contributed by atoms with Crippen LogP contribution in [-0.4, -0.2) is 43.2 Å². The van der Waals surface area contributed by atoms with E-state index >= 15 is 0 Å². The van der Waals surface area contributed by atoms with Gasteiger partial charge in [0.25, 0.3) is 0 Å². The lowest BCUT2D eigenvalue weighted by atomic mass is 10.0. The van der Waals surface area contributed by atoms with Crippen LogP contribution in [0.2, 0.25) is 24.7 Å². The van der Waals surface area contributed by atoms with Crippen molar-refractivity contribution >= 4 is 25.7 Å². The number of ether oxygens (including phenoxy) is 1. The van der Waals surface area contributed by atoms with Crippen molar-refractivity contribution in [2.75, 3.05) is 7.05 Å². The first kappa shape index (κ1) is 21.2. The maximum absolute atomic E-state index is 13.3. The Hall–Kier alpha value is -2.08. The second-order valence-electron chi connectivity index (χ2n) is 9.23. The lowest BCUT2D eigenvalue weighted by Crippen LogP contribution is -2.39. The van der Waals surface area contributed by atoms with Crippen molar-refractivity contribution in [3.63, 3.8) is 0 Å². The van der Waals surface area contributed by atoms with Gasteiger partial charge in [-0.25, -0.2) is 4.79 Å². The summed E-state index contributed by atoms with van der Waals surface area (Å²) in [7, 11) is 0.191. The molecule has 2 aromatic carbocycles. The van der Waals surface area contributed by atoms with Crippen LogP contribution in [0.5, 0.6) is 0 Å². The molecule has 2 amide bonds. The maximum atomic E-state index is 13.3. The summed E-state index contributed by atoms with van der Waals surface area (Å²) >= 11 is 6.11. The van der Waals surface area contributed by atoms with Crippen LogP contribution in [0.25, 0.3) is 0 Å². The summed E-state index contributed by atoms with van der Waals surface area (Å²) in [5, 5.41) is 2.03. The van der Waals surface area contributed by atoms with Crippen LogP contribution in [0.4, 0.5) is 4.79 Å². The average molecular weight is 441 g/mol. The van der Waals surface area contributed by atoms with Crippen molar-refractivity contribution in [3.8, 4) is 0 Å². The third-order valence-corrected chi connectivity index (χ3v) is 8.64. The number of likely N-dealkylation sites (N-methyl/N-ethyl adjacent to an activating group) is 1. The molecule has 1 fully saturated rings. The second kappa shape index (κ2) is 7.87. The highest BCUT2D eigenvalue weighted by Crippen LogP contribution is 2.44. The van der Waals surface area contributed by atoms with E-state index in [1.54, 1.807) is 0 Å². The summed E-state index contributed by atoms with van der Waals surface area (Å²) < 4.78 is 6.61. The molecule has 158 valence electrons. The maximum Gasteiger partial charge on any atom is 0.322 e. The number of urea groups is 1. The number of carbonyl (C=O) groups is 1. The van der Waals surface area contributed by atoms with E-state index in [1.807, 2.05) is 59.3 Å². The fourth-order valence-electron chi connectivity index (χ4n) is 4.45. The summed E-state index contributed by atoms with van der Waals surface area (Å²) in [6.45, 7) is 9.07. The molecule has 4 rings (SSSR count). The molecule has 0 spiro atoms. The van der Waals surface area contributed by atoms with Gasteiger partial charge in [0, 0.05) is 12.1 Å². The van der Waals surface area contributed by atoms with E-state index in [1.165, 1.54) is 5.20 Å². The van der Waals surface area contributed by atoms with Crippen LogP contribution in [0.1, 0.15) is 30.2 Å². The Morgan fingerprint density at radius 1 is 0.967 bits per heavy atom. The van der Waals surface area contributed by atoms with E-state index < -0.39 is 14.3 Å². The van der Waals surface area contributed by atoms with Gasteiger partial charge in [-0.3, -0.25) is 4.90 Å². The number of rotatable bonds is 4. The molecule has 0 bridgehead atoms. The normalized spacial score (nSPS) is 27.0. The molecule has 0 aromatic heterocycles. The Bertz CT molecular complexity index is 955. The van der Waals surface area contributed by atoms with E-state index in [-0.39, 0.29) is 24.2 Å². The third-order valence-electron chi connectivity index (χ3n) is 6.22. The van der Waals surface area contributed by atoms with Crippen molar-refractivity contribution in [2.24, 2.45) is 0 Å². The van der Waals surface area contributed by atoms with Crippen molar-refractivity contribution < 1.29 is 9.53 Å². The predicted octanol–water partition coefficient (Wildman–Crippen LogP) is 6.04. The fraction of sp³-hybridized carbons (Fsp3) is 0.375. The van der Waals surface area contributed by atoms with Gasteiger partial charge in [-0.2, -0.15) is 0 Å². The van der Waals surface area contributed by atoms with Crippen LogP contribution in [0.15, 0.2) is 65.9 Å². The monoisotopic (exact) mass is 440 g/mol. The van der Waals surface area contributed by atoms with Gasteiger partial charge < -0.3 is 9.64 Å². The second-order valence-corrected chi connectivity index (χ2v) is 14.7. The van der Waals surface area contributed by atoms with E-state index in [0.717, 1.165) is 11.1 Å². The molecule has 6 heteroatoms.